The third-order valence-electron chi connectivity index (χ3n) is 3.73. The molecule has 0 saturated carbocycles. The van der Waals surface area contributed by atoms with Gasteiger partial charge in [-0.15, -0.1) is 11.3 Å². The van der Waals surface area contributed by atoms with Crippen molar-refractivity contribution >= 4 is 23.2 Å². The quantitative estimate of drug-likeness (QED) is 0.882. The molecule has 0 radical (unpaired) electrons. The minimum Gasteiger partial charge on any atom is -0.493 e. The molecule has 0 bridgehead atoms. The highest BCUT2D eigenvalue weighted by Crippen LogP contribution is 2.28. The van der Waals surface area contributed by atoms with Gasteiger partial charge in [0.25, 0.3) is 0 Å². The van der Waals surface area contributed by atoms with Crippen LogP contribution < -0.4 is 10.1 Å². The summed E-state index contributed by atoms with van der Waals surface area (Å²) >= 11 is 1.54. The van der Waals surface area contributed by atoms with Gasteiger partial charge in [0.05, 0.1) is 13.0 Å². The van der Waals surface area contributed by atoms with Crippen LogP contribution in [0, 0.1) is 6.92 Å². The molecule has 1 aliphatic heterocycles. The Bertz CT molecular complexity index is 753. The predicted molar refractivity (Wildman–Crippen MR) is 86.9 cm³/mol. The van der Waals surface area contributed by atoms with Gasteiger partial charge in [0.15, 0.2) is 6.04 Å². The van der Waals surface area contributed by atoms with Crippen molar-refractivity contribution in [1.82, 2.24) is 5.32 Å². The van der Waals surface area contributed by atoms with Gasteiger partial charge < -0.3 is 15.2 Å². The van der Waals surface area contributed by atoms with Crippen LogP contribution in [0.3, 0.4) is 0 Å². The second kappa shape index (κ2) is 6.42. The fourth-order valence-corrected chi connectivity index (χ4v) is 3.51. The molecular formula is C17H17NO4S. The van der Waals surface area contributed by atoms with Crippen molar-refractivity contribution in [3.8, 4) is 5.75 Å². The van der Waals surface area contributed by atoms with Crippen LogP contribution in [0.1, 0.15) is 26.9 Å². The van der Waals surface area contributed by atoms with E-state index in [-0.39, 0.29) is 12.3 Å². The number of thiophene rings is 1. The van der Waals surface area contributed by atoms with E-state index in [0.717, 1.165) is 27.5 Å². The first kappa shape index (κ1) is 15.6. The molecule has 6 heteroatoms. The number of carbonyl (C=O) groups is 2. The zero-order valence-electron chi connectivity index (χ0n) is 12.7. The lowest BCUT2D eigenvalue weighted by molar-refractivity contribution is -0.141. The van der Waals surface area contributed by atoms with E-state index in [1.54, 1.807) is 18.2 Å². The highest BCUT2D eigenvalue weighted by Gasteiger charge is 2.24. The van der Waals surface area contributed by atoms with E-state index >= 15 is 0 Å². The third-order valence-corrected chi connectivity index (χ3v) is 4.73. The number of ether oxygens (including phenoxy) is 1. The van der Waals surface area contributed by atoms with Gasteiger partial charge in [-0.25, -0.2) is 4.79 Å². The van der Waals surface area contributed by atoms with Crippen molar-refractivity contribution in [2.45, 2.75) is 25.8 Å². The van der Waals surface area contributed by atoms with E-state index in [1.165, 1.54) is 11.3 Å². The summed E-state index contributed by atoms with van der Waals surface area (Å²) in [6, 6.07) is 8.05. The van der Waals surface area contributed by atoms with Crippen molar-refractivity contribution in [3.05, 3.63) is 51.2 Å². The minimum atomic E-state index is -1.07. The van der Waals surface area contributed by atoms with Crippen LogP contribution in [0.4, 0.5) is 0 Å². The largest absolute Gasteiger partial charge is 0.493 e. The summed E-state index contributed by atoms with van der Waals surface area (Å²) in [5, 5.41) is 12.1. The first-order valence-electron chi connectivity index (χ1n) is 7.36. The zero-order valence-corrected chi connectivity index (χ0v) is 13.5. The average Bonchev–Trinajstić information content (AvgIpc) is 3.12. The number of carboxylic acids is 1. The number of aryl methyl sites for hydroxylation is 1. The second-order valence-electron chi connectivity index (χ2n) is 5.49. The summed E-state index contributed by atoms with van der Waals surface area (Å²) in [6.07, 6.45) is 0.953. The number of benzene rings is 1. The van der Waals surface area contributed by atoms with E-state index < -0.39 is 12.0 Å². The maximum Gasteiger partial charge on any atom is 0.330 e. The molecule has 1 aromatic carbocycles. The summed E-state index contributed by atoms with van der Waals surface area (Å²) in [5.74, 6) is -0.575. The Balaban J connectivity index is 1.74. The van der Waals surface area contributed by atoms with Gasteiger partial charge in [-0.2, -0.15) is 0 Å². The molecule has 0 saturated heterocycles. The number of rotatable bonds is 5. The first-order valence-corrected chi connectivity index (χ1v) is 8.17. The van der Waals surface area contributed by atoms with Crippen LogP contribution >= 0.6 is 11.3 Å². The summed E-state index contributed by atoms with van der Waals surface area (Å²) in [4.78, 5) is 25.7. The number of hydrogen-bond donors (Lipinski definition) is 2. The Hall–Kier alpha value is -2.34. The number of aliphatic carboxylic acids is 1. The molecule has 1 atom stereocenters. The molecule has 5 nitrogen and oxygen atoms in total. The fraction of sp³-hybridized carbons (Fsp3) is 0.294. The van der Waals surface area contributed by atoms with Crippen LogP contribution in [0.15, 0.2) is 30.3 Å². The van der Waals surface area contributed by atoms with Crippen molar-refractivity contribution < 1.29 is 19.4 Å². The van der Waals surface area contributed by atoms with Gasteiger partial charge in [0, 0.05) is 16.2 Å². The van der Waals surface area contributed by atoms with Gasteiger partial charge >= 0.3 is 5.97 Å². The van der Waals surface area contributed by atoms with Crippen LogP contribution in [-0.2, 0) is 22.4 Å². The number of carbonyl (C=O) groups excluding carboxylic acids is 1. The summed E-state index contributed by atoms with van der Waals surface area (Å²) in [6.45, 7) is 2.58. The van der Waals surface area contributed by atoms with Gasteiger partial charge in [-0.05, 0) is 42.3 Å². The van der Waals surface area contributed by atoms with Crippen molar-refractivity contribution in [2.24, 2.45) is 0 Å². The molecule has 120 valence electrons. The Kier molecular flexibility index (Phi) is 4.34. The molecule has 1 amide bonds. The SMILES string of the molecule is Cc1ccc(CC(=O)NC(C(=O)O)c2ccc3c(c2)CCO3)s1. The molecule has 3 rings (SSSR count). The first-order chi connectivity index (χ1) is 11.0. The second-order valence-corrected chi connectivity index (χ2v) is 6.87. The van der Waals surface area contributed by atoms with E-state index in [2.05, 4.69) is 5.32 Å². The van der Waals surface area contributed by atoms with Crippen LogP contribution in [-0.4, -0.2) is 23.6 Å². The molecular weight excluding hydrogens is 314 g/mol. The lowest BCUT2D eigenvalue weighted by atomic mass is 10.0. The van der Waals surface area contributed by atoms with Gasteiger partial charge in [0.1, 0.15) is 5.75 Å². The van der Waals surface area contributed by atoms with E-state index in [0.29, 0.717) is 12.2 Å². The maximum absolute atomic E-state index is 12.2. The Morgan fingerprint density at radius 3 is 2.87 bits per heavy atom. The highest BCUT2D eigenvalue weighted by molar-refractivity contribution is 7.12. The zero-order chi connectivity index (χ0) is 16.4. The molecule has 1 unspecified atom stereocenters. The Morgan fingerprint density at radius 2 is 2.17 bits per heavy atom. The Morgan fingerprint density at radius 1 is 1.35 bits per heavy atom. The summed E-state index contributed by atoms with van der Waals surface area (Å²) < 4.78 is 5.42. The molecule has 2 heterocycles. The minimum absolute atomic E-state index is 0.191. The van der Waals surface area contributed by atoms with E-state index in [9.17, 15) is 14.7 Å². The average molecular weight is 331 g/mol. The van der Waals surface area contributed by atoms with E-state index in [4.69, 9.17) is 4.74 Å². The normalized spacial score (nSPS) is 14.0. The molecule has 0 fully saturated rings. The molecule has 2 N–H and O–H groups in total. The highest BCUT2D eigenvalue weighted by atomic mass is 32.1. The number of carboxylic acid groups (broad SMARTS) is 1. The number of nitrogens with one attached hydrogen (secondary N) is 1. The van der Waals surface area contributed by atoms with Crippen molar-refractivity contribution in [1.29, 1.82) is 0 Å². The molecule has 23 heavy (non-hydrogen) atoms. The maximum atomic E-state index is 12.2. The summed E-state index contributed by atoms with van der Waals surface area (Å²) in [5.41, 5.74) is 1.55. The van der Waals surface area contributed by atoms with Gasteiger partial charge in [-0.3, -0.25) is 4.79 Å². The predicted octanol–water partition coefficient (Wildman–Crippen LogP) is 2.48. The summed E-state index contributed by atoms with van der Waals surface area (Å²) in [7, 11) is 0. The smallest absolute Gasteiger partial charge is 0.330 e. The number of hydrogen-bond acceptors (Lipinski definition) is 4. The van der Waals surface area contributed by atoms with E-state index in [1.807, 2.05) is 19.1 Å². The number of fused-ring (bicyclic) bond motifs is 1. The molecule has 0 aliphatic carbocycles. The molecule has 2 aromatic rings. The molecule has 0 spiro atoms. The van der Waals surface area contributed by atoms with Crippen LogP contribution in [0.5, 0.6) is 5.75 Å². The van der Waals surface area contributed by atoms with Crippen molar-refractivity contribution in [2.75, 3.05) is 6.61 Å². The third kappa shape index (κ3) is 3.53. The molecule has 1 aromatic heterocycles. The monoisotopic (exact) mass is 331 g/mol. The molecule has 1 aliphatic rings. The van der Waals surface area contributed by atoms with Gasteiger partial charge in [0.2, 0.25) is 5.91 Å². The Labute approximate surface area is 137 Å². The lowest BCUT2D eigenvalue weighted by Gasteiger charge is -2.15. The van der Waals surface area contributed by atoms with Crippen LogP contribution in [0.25, 0.3) is 0 Å². The van der Waals surface area contributed by atoms with Gasteiger partial charge in [-0.1, -0.05) is 6.07 Å². The lowest BCUT2D eigenvalue weighted by Crippen LogP contribution is -2.34. The standard InChI is InChI=1S/C17H17NO4S/c1-10-2-4-13(23-10)9-15(19)18-16(17(20)21)12-3-5-14-11(8-12)6-7-22-14/h2-5,8,16H,6-7,9H2,1H3,(H,18,19)(H,20,21). The number of amides is 1. The van der Waals surface area contributed by atoms with Crippen molar-refractivity contribution in [3.63, 3.8) is 0 Å². The topological polar surface area (TPSA) is 75.6 Å². The van der Waals surface area contributed by atoms with Crippen LogP contribution in [0.2, 0.25) is 0 Å². The fourth-order valence-electron chi connectivity index (χ4n) is 2.62.